The van der Waals surface area contributed by atoms with Gasteiger partial charge in [0.25, 0.3) is 0 Å². The van der Waals surface area contributed by atoms with Crippen molar-refractivity contribution in [3.05, 3.63) is 26.3 Å². The molecule has 12 heavy (non-hydrogen) atoms. The summed E-state index contributed by atoms with van der Waals surface area (Å²) in [5.41, 5.74) is 0.909. The first-order chi connectivity index (χ1) is 5.52. The molecular weight excluding hydrogens is 286 g/mol. The fourth-order valence-corrected chi connectivity index (χ4v) is 2.08. The molecule has 0 aliphatic rings. The van der Waals surface area contributed by atoms with Crippen LogP contribution in [-0.4, -0.2) is 5.11 Å². The second-order valence-electron chi connectivity index (χ2n) is 2.98. The summed E-state index contributed by atoms with van der Waals surface area (Å²) in [5.74, 6) is 0.659. The summed E-state index contributed by atoms with van der Waals surface area (Å²) in [7, 11) is 0. The molecule has 1 N–H and O–H groups in total. The second-order valence-corrected chi connectivity index (χ2v) is 4.58. The summed E-state index contributed by atoms with van der Waals surface area (Å²) in [6, 6.07) is 3.56. The lowest BCUT2D eigenvalue weighted by Crippen LogP contribution is -1.90. The van der Waals surface area contributed by atoms with Crippen LogP contribution in [0.25, 0.3) is 0 Å². The first-order valence-corrected chi connectivity index (χ1v) is 5.16. The van der Waals surface area contributed by atoms with Crippen molar-refractivity contribution in [3.63, 3.8) is 0 Å². The molecule has 1 rings (SSSR count). The number of aromatic hydroxyl groups is 1. The molecule has 0 atom stereocenters. The Labute approximate surface area is 90.9 Å². The van der Waals surface area contributed by atoms with E-state index in [1.54, 1.807) is 6.07 Å². The maximum absolute atomic E-state index is 9.63. The van der Waals surface area contributed by atoms with Gasteiger partial charge in [0.15, 0.2) is 0 Å². The lowest BCUT2D eigenvalue weighted by atomic mass is 10.0. The van der Waals surface area contributed by atoms with Gasteiger partial charge in [-0.25, -0.2) is 0 Å². The lowest BCUT2D eigenvalue weighted by molar-refractivity contribution is 0.461. The molecule has 0 unspecified atom stereocenters. The lowest BCUT2D eigenvalue weighted by Gasteiger charge is -2.09. The van der Waals surface area contributed by atoms with Crippen molar-refractivity contribution in [2.24, 2.45) is 0 Å². The number of benzene rings is 1. The molecule has 0 radical (unpaired) electrons. The molecule has 0 aliphatic carbocycles. The molecule has 1 nitrogen and oxygen atoms in total. The first kappa shape index (κ1) is 10.1. The minimum Gasteiger partial charge on any atom is -0.507 e. The van der Waals surface area contributed by atoms with Crippen LogP contribution in [-0.2, 0) is 0 Å². The number of hydrogen-bond donors (Lipinski definition) is 1. The van der Waals surface area contributed by atoms with Gasteiger partial charge in [0.05, 0.1) is 3.57 Å². The van der Waals surface area contributed by atoms with Gasteiger partial charge >= 0.3 is 0 Å². The highest BCUT2D eigenvalue weighted by Crippen LogP contribution is 2.32. The summed E-state index contributed by atoms with van der Waals surface area (Å²) in [6.45, 7) is 4.06. The van der Waals surface area contributed by atoms with E-state index in [1.807, 2.05) is 19.9 Å². The first-order valence-electron chi connectivity index (χ1n) is 3.70. The Morgan fingerprint density at radius 1 is 1.42 bits per heavy atom. The third-order valence-electron chi connectivity index (χ3n) is 1.68. The minimum atomic E-state index is 0.303. The molecule has 0 aromatic heterocycles. The molecule has 1 aromatic rings. The topological polar surface area (TPSA) is 20.2 Å². The summed E-state index contributed by atoms with van der Waals surface area (Å²) in [6.07, 6.45) is 0. The van der Waals surface area contributed by atoms with E-state index in [0.29, 0.717) is 16.7 Å². The van der Waals surface area contributed by atoms with E-state index in [2.05, 4.69) is 22.6 Å². The zero-order chi connectivity index (χ0) is 9.30. The fourth-order valence-electron chi connectivity index (χ4n) is 1.03. The van der Waals surface area contributed by atoms with Gasteiger partial charge in [-0.2, -0.15) is 0 Å². The van der Waals surface area contributed by atoms with Gasteiger partial charge in [-0.3, -0.25) is 0 Å². The zero-order valence-corrected chi connectivity index (χ0v) is 9.85. The maximum atomic E-state index is 9.63. The molecular formula is C9H10ClIO. The molecule has 0 fully saturated rings. The van der Waals surface area contributed by atoms with Crippen LogP contribution in [0.3, 0.4) is 0 Å². The van der Waals surface area contributed by atoms with Crippen molar-refractivity contribution in [2.75, 3.05) is 0 Å². The summed E-state index contributed by atoms with van der Waals surface area (Å²) >= 11 is 7.92. The van der Waals surface area contributed by atoms with E-state index < -0.39 is 0 Å². The van der Waals surface area contributed by atoms with Crippen molar-refractivity contribution < 1.29 is 5.11 Å². The van der Waals surface area contributed by atoms with Crippen LogP contribution in [0.5, 0.6) is 5.75 Å². The predicted molar refractivity (Wildman–Crippen MR) is 59.9 cm³/mol. The number of rotatable bonds is 1. The Balaban J connectivity index is 3.28. The molecule has 3 heteroatoms. The van der Waals surface area contributed by atoms with Gasteiger partial charge in [0, 0.05) is 5.02 Å². The monoisotopic (exact) mass is 296 g/mol. The normalized spacial score (nSPS) is 10.8. The van der Waals surface area contributed by atoms with E-state index in [0.717, 1.165) is 9.13 Å². The van der Waals surface area contributed by atoms with Crippen molar-refractivity contribution in [1.82, 2.24) is 0 Å². The summed E-state index contributed by atoms with van der Waals surface area (Å²) < 4.78 is 0.809. The molecule has 0 bridgehead atoms. The number of phenolic OH excluding ortho intramolecular Hbond substituents is 1. The van der Waals surface area contributed by atoms with Gasteiger partial charge < -0.3 is 5.11 Å². The van der Waals surface area contributed by atoms with Crippen LogP contribution in [0, 0.1) is 3.57 Å². The van der Waals surface area contributed by atoms with Crippen LogP contribution in [0.15, 0.2) is 12.1 Å². The second kappa shape index (κ2) is 3.83. The zero-order valence-electron chi connectivity index (χ0n) is 6.94. The molecule has 0 saturated heterocycles. The third kappa shape index (κ3) is 2.04. The molecule has 66 valence electrons. The molecule has 0 saturated carbocycles. The van der Waals surface area contributed by atoms with E-state index in [-0.39, 0.29) is 0 Å². The minimum absolute atomic E-state index is 0.303. The number of hydrogen-bond acceptors (Lipinski definition) is 1. The van der Waals surface area contributed by atoms with Crippen LogP contribution < -0.4 is 0 Å². The third-order valence-corrected chi connectivity index (χ3v) is 2.72. The Morgan fingerprint density at radius 3 is 2.50 bits per heavy atom. The van der Waals surface area contributed by atoms with Gasteiger partial charge in [0.1, 0.15) is 5.75 Å². The molecule has 0 spiro atoms. The summed E-state index contributed by atoms with van der Waals surface area (Å²) in [5, 5.41) is 10.3. The largest absolute Gasteiger partial charge is 0.507 e. The van der Waals surface area contributed by atoms with Crippen LogP contribution in [0.2, 0.25) is 5.02 Å². The highest BCUT2D eigenvalue weighted by atomic mass is 127. The smallest absolute Gasteiger partial charge is 0.132 e. The van der Waals surface area contributed by atoms with Gasteiger partial charge in [-0.15, -0.1) is 0 Å². The number of phenols is 1. The van der Waals surface area contributed by atoms with Crippen LogP contribution in [0.1, 0.15) is 25.3 Å². The SMILES string of the molecule is CC(C)c1cc(Cl)cc(I)c1O. The molecule has 1 aromatic carbocycles. The Morgan fingerprint density at radius 2 is 2.00 bits per heavy atom. The molecule has 0 heterocycles. The average molecular weight is 297 g/mol. The summed E-state index contributed by atoms with van der Waals surface area (Å²) in [4.78, 5) is 0. The van der Waals surface area contributed by atoms with Gasteiger partial charge in [-0.1, -0.05) is 25.4 Å². The van der Waals surface area contributed by atoms with Crippen LogP contribution in [0.4, 0.5) is 0 Å². The van der Waals surface area contributed by atoms with E-state index in [9.17, 15) is 5.11 Å². The Hall–Kier alpha value is 0.0400. The average Bonchev–Trinajstić information content (AvgIpc) is 1.96. The van der Waals surface area contributed by atoms with E-state index in [4.69, 9.17) is 11.6 Å². The van der Waals surface area contributed by atoms with Crippen molar-refractivity contribution in [2.45, 2.75) is 19.8 Å². The van der Waals surface area contributed by atoms with E-state index in [1.165, 1.54) is 0 Å². The van der Waals surface area contributed by atoms with Crippen molar-refractivity contribution in [1.29, 1.82) is 0 Å². The van der Waals surface area contributed by atoms with E-state index >= 15 is 0 Å². The standard InChI is InChI=1S/C9H10ClIO/c1-5(2)7-3-6(10)4-8(11)9(7)12/h3-5,12H,1-2H3. The highest BCUT2D eigenvalue weighted by molar-refractivity contribution is 14.1. The fraction of sp³-hybridized carbons (Fsp3) is 0.333. The van der Waals surface area contributed by atoms with Crippen molar-refractivity contribution in [3.8, 4) is 5.75 Å². The van der Waals surface area contributed by atoms with Crippen LogP contribution >= 0.6 is 34.2 Å². The van der Waals surface area contributed by atoms with Gasteiger partial charge in [-0.05, 0) is 46.2 Å². The molecule has 0 amide bonds. The molecule has 0 aliphatic heterocycles. The highest BCUT2D eigenvalue weighted by Gasteiger charge is 2.09. The van der Waals surface area contributed by atoms with Gasteiger partial charge in [0.2, 0.25) is 0 Å². The number of halogens is 2. The Kier molecular flexibility index (Phi) is 3.23. The predicted octanol–water partition coefficient (Wildman–Crippen LogP) is 3.77. The quantitative estimate of drug-likeness (QED) is 0.782. The van der Waals surface area contributed by atoms with Crippen molar-refractivity contribution >= 4 is 34.2 Å². The Bertz CT molecular complexity index is 297. The maximum Gasteiger partial charge on any atom is 0.132 e.